The number of hydrogen-bond donors (Lipinski definition) is 0. The summed E-state index contributed by atoms with van der Waals surface area (Å²) in [7, 11) is 1.79. The molecule has 1 saturated heterocycles. The van der Waals surface area contributed by atoms with Gasteiger partial charge in [0.2, 0.25) is 0 Å². The number of nitrogens with zero attached hydrogens (tertiary/aromatic N) is 2. The molecular weight excluding hydrogens is 384 g/mol. The minimum absolute atomic E-state index is 0.216. The number of likely N-dealkylation sites (tertiary alicyclic amines) is 1. The lowest BCUT2D eigenvalue weighted by atomic mass is 9.79. The molecule has 2 unspecified atom stereocenters. The molecule has 2 atom stereocenters. The summed E-state index contributed by atoms with van der Waals surface area (Å²) in [6.45, 7) is 4.12. The summed E-state index contributed by atoms with van der Waals surface area (Å²) in [6, 6.07) is 15.3. The van der Waals surface area contributed by atoms with Crippen LogP contribution in [0.1, 0.15) is 71.5 Å². The maximum absolute atomic E-state index is 12.5. The van der Waals surface area contributed by atoms with Gasteiger partial charge in [-0.3, -0.25) is 9.69 Å². The molecule has 1 amide bonds. The number of rotatable bonds is 8. The first-order chi connectivity index (χ1) is 15.3. The van der Waals surface area contributed by atoms with Gasteiger partial charge in [-0.2, -0.15) is 0 Å². The number of fused-ring (bicyclic) bond motifs is 4. The summed E-state index contributed by atoms with van der Waals surface area (Å²) in [5.41, 5.74) is 5.07. The van der Waals surface area contributed by atoms with E-state index in [1.165, 1.54) is 61.9 Å². The van der Waals surface area contributed by atoms with Gasteiger partial charge in [-0.15, -0.1) is 0 Å². The van der Waals surface area contributed by atoms with Gasteiger partial charge in [-0.25, -0.2) is 0 Å². The average molecular weight is 419 g/mol. The van der Waals surface area contributed by atoms with Gasteiger partial charge in [0.05, 0.1) is 7.11 Å². The first kappa shape index (κ1) is 20.6. The molecule has 0 radical (unpaired) electrons. The van der Waals surface area contributed by atoms with Gasteiger partial charge in [-0.1, -0.05) is 43.2 Å². The number of amides is 1. The van der Waals surface area contributed by atoms with E-state index in [0.717, 1.165) is 37.2 Å². The number of carbonyl (C=O) groups is 1. The van der Waals surface area contributed by atoms with Crippen LogP contribution in [-0.2, 0) is 13.0 Å². The smallest absolute Gasteiger partial charge is 0.254 e. The molecule has 4 heteroatoms. The highest BCUT2D eigenvalue weighted by atomic mass is 16.5. The molecule has 31 heavy (non-hydrogen) atoms. The first-order valence-electron chi connectivity index (χ1n) is 12.0. The van der Waals surface area contributed by atoms with Gasteiger partial charge < -0.3 is 9.64 Å². The van der Waals surface area contributed by atoms with Crippen molar-refractivity contribution in [3.8, 4) is 5.75 Å². The van der Waals surface area contributed by atoms with E-state index >= 15 is 0 Å². The zero-order valence-corrected chi connectivity index (χ0v) is 18.7. The molecule has 3 aliphatic rings. The number of benzene rings is 2. The molecule has 2 aliphatic heterocycles. The normalized spacial score (nSPS) is 22.4. The molecule has 2 heterocycles. The van der Waals surface area contributed by atoms with Crippen molar-refractivity contribution in [3.63, 3.8) is 0 Å². The Labute approximate surface area is 186 Å². The third-order valence-corrected chi connectivity index (χ3v) is 7.66. The molecule has 0 N–H and O–H groups in total. The Kier molecular flexibility index (Phi) is 5.99. The summed E-state index contributed by atoms with van der Waals surface area (Å²) in [5, 5.41) is 0. The van der Waals surface area contributed by atoms with Crippen LogP contribution in [0, 0.1) is 0 Å². The van der Waals surface area contributed by atoms with Crippen LogP contribution >= 0.6 is 0 Å². The second-order valence-electron chi connectivity index (χ2n) is 9.36. The highest BCUT2D eigenvalue weighted by Crippen LogP contribution is 2.44. The van der Waals surface area contributed by atoms with Crippen LogP contribution in [0.3, 0.4) is 0 Å². The lowest BCUT2D eigenvalue weighted by Gasteiger charge is -2.34. The predicted molar refractivity (Wildman–Crippen MR) is 124 cm³/mol. The molecule has 164 valence electrons. The van der Waals surface area contributed by atoms with E-state index < -0.39 is 0 Å². The maximum atomic E-state index is 12.5. The number of hydrogen-bond acceptors (Lipinski definition) is 3. The minimum atomic E-state index is 0.216. The Morgan fingerprint density at radius 1 is 0.968 bits per heavy atom. The quantitative estimate of drug-likeness (QED) is 0.565. The van der Waals surface area contributed by atoms with Gasteiger partial charge >= 0.3 is 0 Å². The molecule has 0 saturated carbocycles. The van der Waals surface area contributed by atoms with Crippen molar-refractivity contribution < 1.29 is 9.53 Å². The Balaban J connectivity index is 1.05. The van der Waals surface area contributed by atoms with Gasteiger partial charge in [0.25, 0.3) is 5.91 Å². The number of methoxy groups -OCH3 is 1. The standard InChI is InChI=1S/C27H34N2O2/c1-31-26-12-8-11-22-23-15-18-28(25(23)14-13-24(22)26)16-6-2-3-7-17-29-19-20-9-4-5-10-21(20)27(29)30/h4-5,8-12,23,25H,2-3,6-7,13-19H2,1H3. The first-order valence-corrected chi connectivity index (χ1v) is 12.0. The number of ether oxygens (including phenoxy) is 1. The van der Waals surface area contributed by atoms with Gasteiger partial charge in [0, 0.05) is 30.6 Å². The van der Waals surface area contributed by atoms with E-state index in [0.29, 0.717) is 12.0 Å². The molecule has 5 rings (SSSR count). The van der Waals surface area contributed by atoms with E-state index in [1.54, 1.807) is 7.11 Å². The zero-order valence-electron chi connectivity index (χ0n) is 18.7. The fourth-order valence-electron chi connectivity index (χ4n) is 6.09. The summed E-state index contributed by atoms with van der Waals surface area (Å²) in [6.07, 6.45) is 8.53. The van der Waals surface area contributed by atoms with Crippen LogP contribution < -0.4 is 4.74 Å². The van der Waals surface area contributed by atoms with E-state index in [-0.39, 0.29) is 5.91 Å². The molecule has 0 aromatic heterocycles. The largest absolute Gasteiger partial charge is 0.496 e. The van der Waals surface area contributed by atoms with Crippen LogP contribution in [-0.4, -0.2) is 48.5 Å². The summed E-state index contributed by atoms with van der Waals surface area (Å²) >= 11 is 0. The third-order valence-electron chi connectivity index (χ3n) is 7.66. The second kappa shape index (κ2) is 9.04. The molecule has 2 aromatic rings. The Bertz CT molecular complexity index is 941. The minimum Gasteiger partial charge on any atom is -0.496 e. The Hall–Kier alpha value is -2.33. The SMILES string of the molecule is COc1cccc2c1CCC1C2CCN1CCCCCCN1Cc2ccccc2C1=O. The van der Waals surface area contributed by atoms with Crippen LogP contribution in [0.5, 0.6) is 5.75 Å². The van der Waals surface area contributed by atoms with Crippen molar-refractivity contribution in [2.75, 3.05) is 26.7 Å². The molecule has 0 bridgehead atoms. The molecular formula is C27H34N2O2. The van der Waals surface area contributed by atoms with E-state index in [2.05, 4.69) is 29.2 Å². The van der Waals surface area contributed by atoms with Crippen molar-refractivity contribution in [1.82, 2.24) is 9.80 Å². The van der Waals surface area contributed by atoms with Gasteiger partial charge in [-0.05, 0) is 74.0 Å². The van der Waals surface area contributed by atoms with Crippen molar-refractivity contribution in [1.29, 1.82) is 0 Å². The van der Waals surface area contributed by atoms with Gasteiger partial charge in [0.15, 0.2) is 0 Å². The lowest BCUT2D eigenvalue weighted by molar-refractivity contribution is 0.0775. The maximum Gasteiger partial charge on any atom is 0.254 e. The summed E-state index contributed by atoms with van der Waals surface area (Å²) < 4.78 is 5.61. The lowest BCUT2D eigenvalue weighted by Crippen LogP contribution is -2.35. The molecule has 4 nitrogen and oxygen atoms in total. The predicted octanol–water partition coefficient (Wildman–Crippen LogP) is 5.02. The summed E-state index contributed by atoms with van der Waals surface area (Å²) in [5.74, 6) is 1.98. The second-order valence-corrected chi connectivity index (χ2v) is 9.36. The van der Waals surface area contributed by atoms with Crippen LogP contribution in [0.15, 0.2) is 42.5 Å². The Morgan fingerprint density at radius 2 is 1.81 bits per heavy atom. The zero-order chi connectivity index (χ0) is 21.2. The van der Waals surface area contributed by atoms with E-state index in [1.807, 2.05) is 23.1 Å². The molecule has 2 aromatic carbocycles. The molecule has 1 fully saturated rings. The van der Waals surface area contributed by atoms with E-state index in [9.17, 15) is 4.79 Å². The summed E-state index contributed by atoms with van der Waals surface area (Å²) in [4.78, 5) is 17.2. The molecule has 1 aliphatic carbocycles. The highest BCUT2D eigenvalue weighted by molar-refractivity contribution is 5.98. The number of unbranched alkanes of at least 4 members (excludes halogenated alkanes) is 3. The topological polar surface area (TPSA) is 32.8 Å². The fraction of sp³-hybridized carbons (Fsp3) is 0.519. The van der Waals surface area contributed by atoms with Crippen LogP contribution in [0.25, 0.3) is 0 Å². The third kappa shape index (κ3) is 3.98. The van der Waals surface area contributed by atoms with Crippen molar-refractivity contribution in [2.24, 2.45) is 0 Å². The van der Waals surface area contributed by atoms with Crippen molar-refractivity contribution in [2.45, 2.75) is 63.5 Å². The van der Waals surface area contributed by atoms with Crippen LogP contribution in [0.4, 0.5) is 0 Å². The number of carbonyl (C=O) groups excluding carboxylic acids is 1. The van der Waals surface area contributed by atoms with Gasteiger partial charge in [0.1, 0.15) is 5.75 Å². The highest BCUT2D eigenvalue weighted by Gasteiger charge is 2.38. The average Bonchev–Trinajstić information content (AvgIpc) is 3.37. The van der Waals surface area contributed by atoms with Crippen molar-refractivity contribution >= 4 is 5.91 Å². The van der Waals surface area contributed by atoms with E-state index in [4.69, 9.17) is 4.74 Å². The van der Waals surface area contributed by atoms with Crippen LogP contribution in [0.2, 0.25) is 0 Å². The molecule has 0 spiro atoms. The fourth-order valence-corrected chi connectivity index (χ4v) is 6.09. The monoisotopic (exact) mass is 418 g/mol. The Morgan fingerprint density at radius 3 is 2.65 bits per heavy atom. The van der Waals surface area contributed by atoms with Crippen molar-refractivity contribution in [3.05, 3.63) is 64.7 Å².